The van der Waals surface area contributed by atoms with E-state index in [1.54, 1.807) is 0 Å². The highest BCUT2D eigenvalue weighted by Crippen LogP contribution is 2.34. The Balaban J connectivity index is 2.83. The molecule has 1 N–H and O–H groups in total. The van der Waals surface area contributed by atoms with Crippen LogP contribution in [-0.2, 0) is 6.54 Å². The zero-order valence-electron chi connectivity index (χ0n) is 10.7. The second-order valence-corrected chi connectivity index (χ2v) is 6.63. The normalized spacial score (nSPS) is 11.6. The maximum absolute atomic E-state index is 5.55. The Bertz CT molecular complexity index is 362. The van der Waals surface area contributed by atoms with E-state index in [-0.39, 0.29) is 5.54 Å². The highest BCUT2D eigenvalue weighted by molar-refractivity contribution is 9.11. The third kappa shape index (κ3) is 4.98. The summed E-state index contributed by atoms with van der Waals surface area (Å²) in [5, 5.41) is 3.46. The Hall–Kier alpha value is -0.0600. The molecular weight excluding hydrogens is 346 g/mol. The number of halogens is 2. The summed E-state index contributed by atoms with van der Waals surface area (Å²) in [6, 6.07) is 4.18. The van der Waals surface area contributed by atoms with Gasteiger partial charge in [-0.1, -0.05) is 0 Å². The second-order valence-electron chi connectivity index (χ2n) is 4.93. The van der Waals surface area contributed by atoms with Gasteiger partial charge in [0.15, 0.2) is 0 Å². The summed E-state index contributed by atoms with van der Waals surface area (Å²) in [5.41, 5.74) is 1.35. The lowest BCUT2D eigenvalue weighted by atomic mass is 10.1. The van der Waals surface area contributed by atoms with E-state index in [4.69, 9.17) is 4.74 Å². The van der Waals surface area contributed by atoms with E-state index in [0.717, 1.165) is 21.2 Å². The van der Waals surface area contributed by atoms with E-state index in [1.165, 1.54) is 5.56 Å². The average Bonchev–Trinajstić information content (AvgIpc) is 2.19. The van der Waals surface area contributed by atoms with Crippen LogP contribution in [0, 0.1) is 0 Å². The molecular formula is C13H19Br2NO. The molecule has 0 radical (unpaired) electrons. The molecule has 0 aromatic heterocycles. The van der Waals surface area contributed by atoms with Crippen LogP contribution in [0.4, 0.5) is 0 Å². The summed E-state index contributed by atoms with van der Waals surface area (Å²) >= 11 is 7.07. The summed E-state index contributed by atoms with van der Waals surface area (Å²) in [6.45, 7) is 9.96. The van der Waals surface area contributed by atoms with Crippen LogP contribution in [0.1, 0.15) is 33.3 Å². The van der Waals surface area contributed by atoms with Gasteiger partial charge in [-0.15, -0.1) is 0 Å². The molecule has 0 aliphatic rings. The molecule has 4 heteroatoms. The number of hydrogen-bond donors (Lipinski definition) is 1. The van der Waals surface area contributed by atoms with Crippen LogP contribution in [0.15, 0.2) is 21.1 Å². The van der Waals surface area contributed by atoms with Crippen LogP contribution >= 0.6 is 31.9 Å². The van der Waals surface area contributed by atoms with Gasteiger partial charge in [0, 0.05) is 12.1 Å². The minimum absolute atomic E-state index is 0.123. The number of ether oxygens (including phenoxy) is 1. The summed E-state index contributed by atoms with van der Waals surface area (Å²) in [7, 11) is 0. The fraction of sp³-hybridized carbons (Fsp3) is 0.538. The first-order valence-electron chi connectivity index (χ1n) is 5.69. The first-order valence-corrected chi connectivity index (χ1v) is 7.28. The van der Waals surface area contributed by atoms with Crippen molar-refractivity contribution in [2.24, 2.45) is 0 Å². The Labute approximate surface area is 120 Å². The highest BCUT2D eigenvalue weighted by atomic mass is 79.9. The zero-order chi connectivity index (χ0) is 13.1. The lowest BCUT2D eigenvalue weighted by molar-refractivity contribution is 0.335. The molecule has 1 aromatic rings. The SMILES string of the molecule is CCOc1c(Br)cc(CNC(C)(C)C)cc1Br. The van der Waals surface area contributed by atoms with Crippen molar-refractivity contribution in [1.29, 1.82) is 0 Å². The maximum Gasteiger partial charge on any atom is 0.147 e. The maximum atomic E-state index is 5.55. The second kappa shape index (κ2) is 6.21. The van der Waals surface area contributed by atoms with E-state index in [2.05, 4.69) is 70.1 Å². The van der Waals surface area contributed by atoms with Gasteiger partial charge in [-0.3, -0.25) is 0 Å². The fourth-order valence-corrected chi connectivity index (χ4v) is 2.87. The molecule has 17 heavy (non-hydrogen) atoms. The first kappa shape index (κ1) is 15.0. The summed E-state index contributed by atoms with van der Waals surface area (Å²) in [5.74, 6) is 0.868. The van der Waals surface area contributed by atoms with Crippen LogP contribution in [-0.4, -0.2) is 12.1 Å². The topological polar surface area (TPSA) is 21.3 Å². The summed E-state index contributed by atoms with van der Waals surface area (Å²) in [4.78, 5) is 0. The van der Waals surface area contributed by atoms with Crippen molar-refractivity contribution in [3.8, 4) is 5.75 Å². The number of rotatable bonds is 4. The summed E-state index contributed by atoms with van der Waals surface area (Å²) < 4.78 is 7.52. The lowest BCUT2D eigenvalue weighted by Crippen LogP contribution is -2.35. The molecule has 2 nitrogen and oxygen atoms in total. The van der Waals surface area contributed by atoms with Gasteiger partial charge >= 0.3 is 0 Å². The van der Waals surface area contributed by atoms with E-state index in [9.17, 15) is 0 Å². The molecule has 0 saturated heterocycles. The van der Waals surface area contributed by atoms with Crippen molar-refractivity contribution in [1.82, 2.24) is 5.32 Å². The van der Waals surface area contributed by atoms with Gasteiger partial charge in [0.2, 0.25) is 0 Å². The van der Waals surface area contributed by atoms with Gasteiger partial charge in [0.25, 0.3) is 0 Å². The molecule has 0 heterocycles. The average molecular weight is 365 g/mol. The molecule has 0 bridgehead atoms. The van der Waals surface area contributed by atoms with Crippen molar-refractivity contribution < 1.29 is 4.74 Å². The van der Waals surface area contributed by atoms with Gasteiger partial charge in [0.05, 0.1) is 15.6 Å². The van der Waals surface area contributed by atoms with E-state index >= 15 is 0 Å². The van der Waals surface area contributed by atoms with Crippen LogP contribution in [0.25, 0.3) is 0 Å². The minimum atomic E-state index is 0.123. The van der Waals surface area contributed by atoms with Crippen molar-refractivity contribution >= 4 is 31.9 Å². The molecule has 0 aliphatic heterocycles. The van der Waals surface area contributed by atoms with Crippen molar-refractivity contribution in [3.05, 3.63) is 26.6 Å². The fourth-order valence-electron chi connectivity index (χ4n) is 1.36. The smallest absolute Gasteiger partial charge is 0.147 e. The molecule has 1 rings (SSSR count). The van der Waals surface area contributed by atoms with E-state index in [0.29, 0.717) is 6.61 Å². The predicted octanol–water partition coefficient (Wildman–Crippen LogP) is 4.50. The molecule has 0 aliphatic carbocycles. The zero-order valence-corrected chi connectivity index (χ0v) is 13.9. The van der Waals surface area contributed by atoms with Gasteiger partial charge in [-0.25, -0.2) is 0 Å². The predicted molar refractivity (Wildman–Crippen MR) is 79.6 cm³/mol. The lowest BCUT2D eigenvalue weighted by Gasteiger charge is -2.21. The molecule has 0 fully saturated rings. The Morgan fingerprint density at radius 2 is 1.71 bits per heavy atom. The molecule has 96 valence electrons. The third-order valence-electron chi connectivity index (χ3n) is 2.17. The first-order chi connectivity index (χ1) is 7.83. The minimum Gasteiger partial charge on any atom is -0.492 e. The highest BCUT2D eigenvalue weighted by Gasteiger charge is 2.11. The molecule has 0 spiro atoms. The molecule has 0 saturated carbocycles. The molecule has 0 atom stereocenters. The van der Waals surface area contributed by atoms with Crippen LogP contribution in [0.3, 0.4) is 0 Å². The van der Waals surface area contributed by atoms with Gasteiger partial charge in [-0.05, 0) is 77.3 Å². The quantitative estimate of drug-likeness (QED) is 0.849. The van der Waals surface area contributed by atoms with Crippen LogP contribution in [0.2, 0.25) is 0 Å². The standard InChI is InChI=1S/C13H19Br2NO/c1-5-17-12-10(14)6-9(7-11(12)15)8-16-13(2,3)4/h6-7,16H,5,8H2,1-4H3. The molecule has 0 unspecified atom stereocenters. The van der Waals surface area contributed by atoms with Gasteiger partial charge in [0.1, 0.15) is 5.75 Å². The van der Waals surface area contributed by atoms with Crippen molar-refractivity contribution in [2.45, 2.75) is 39.8 Å². The number of benzene rings is 1. The van der Waals surface area contributed by atoms with E-state index in [1.807, 2.05) is 6.92 Å². The largest absolute Gasteiger partial charge is 0.492 e. The van der Waals surface area contributed by atoms with Gasteiger partial charge in [-0.2, -0.15) is 0 Å². The summed E-state index contributed by atoms with van der Waals surface area (Å²) in [6.07, 6.45) is 0. The molecule has 1 aromatic carbocycles. The Kier molecular flexibility index (Phi) is 5.48. The van der Waals surface area contributed by atoms with Crippen LogP contribution < -0.4 is 10.1 Å². The Morgan fingerprint density at radius 1 is 1.18 bits per heavy atom. The number of nitrogens with one attached hydrogen (secondary N) is 1. The number of hydrogen-bond acceptors (Lipinski definition) is 2. The van der Waals surface area contributed by atoms with Crippen molar-refractivity contribution in [3.63, 3.8) is 0 Å². The third-order valence-corrected chi connectivity index (χ3v) is 3.35. The Morgan fingerprint density at radius 3 is 2.12 bits per heavy atom. The van der Waals surface area contributed by atoms with Gasteiger partial charge < -0.3 is 10.1 Å². The van der Waals surface area contributed by atoms with Crippen LogP contribution in [0.5, 0.6) is 5.75 Å². The van der Waals surface area contributed by atoms with E-state index < -0.39 is 0 Å². The van der Waals surface area contributed by atoms with Crippen molar-refractivity contribution in [2.75, 3.05) is 6.61 Å². The molecule has 0 amide bonds. The monoisotopic (exact) mass is 363 g/mol.